The lowest BCUT2D eigenvalue weighted by molar-refractivity contribution is -0.121. The molecule has 1 amide bonds. The molecule has 2 aromatic rings. The number of halogens is 1. The van der Waals surface area contributed by atoms with Gasteiger partial charge in [0.15, 0.2) is 4.34 Å². The van der Waals surface area contributed by atoms with Gasteiger partial charge in [-0.25, -0.2) is 0 Å². The third-order valence-corrected chi connectivity index (χ3v) is 5.81. The van der Waals surface area contributed by atoms with Gasteiger partial charge in [-0.05, 0) is 32.4 Å². The molecule has 1 saturated heterocycles. The van der Waals surface area contributed by atoms with E-state index in [2.05, 4.69) is 25.9 Å². The second-order valence-corrected chi connectivity index (χ2v) is 8.29. The van der Waals surface area contributed by atoms with Crippen molar-refractivity contribution in [2.24, 2.45) is 0 Å². The molecule has 10 heteroatoms. The van der Waals surface area contributed by atoms with Crippen LogP contribution in [0.2, 0.25) is 0 Å². The minimum absolute atomic E-state index is 0. The zero-order chi connectivity index (χ0) is 16.8. The number of hydrogen-bond acceptors (Lipinski definition) is 7. The number of nitrogens with zero attached hydrogens (tertiary/aromatic N) is 4. The molecule has 0 aromatic carbocycles. The van der Waals surface area contributed by atoms with Crippen LogP contribution in [0.5, 0.6) is 0 Å². The maximum Gasteiger partial charge on any atom is 0.241 e. The van der Waals surface area contributed by atoms with Crippen LogP contribution in [0, 0.1) is 6.92 Å². The number of aromatic nitrogens is 4. The lowest BCUT2D eigenvalue weighted by atomic mass is 9.97. The summed E-state index contributed by atoms with van der Waals surface area (Å²) in [4.78, 5) is 12.0. The number of aryl methyl sites for hydroxylation is 1. The van der Waals surface area contributed by atoms with Crippen molar-refractivity contribution in [3.63, 3.8) is 0 Å². The van der Waals surface area contributed by atoms with Crippen molar-refractivity contribution in [2.75, 3.05) is 25.4 Å². The molecule has 0 spiro atoms. The first kappa shape index (κ1) is 20.2. The zero-order valence-electron chi connectivity index (χ0n) is 14.1. The van der Waals surface area contributed by atoms with Crippen molar-refractivity contribution in [3.05, 3.63) is 23.0 Å². The molecule has 1 fully saturated rings. The van der Waals surface area contributed by atoms with Crippen molar-refractivity contribution < 1.29 is 4.79 Å². The average molecular weight is 403 g/mol. The standard InChI is InChI=1S/C15H22N6OS2.ClH/c1-11-18-19-15(24-11)23-8-6-17-14(22)10-21-7-4-13(20-21)12-3-2-5-16-9-12;/h4,7,12,16H,2-3,5-6,8-10H2,1H3,(H,17,22);1H. The predicted molar refractivity (Wildman–Crippen MR) is 103 cm³/mol. The van der Waals surface area contributed by atoms with E-state index in [1.165, 1.54) is 12.8 Å². The van der Waals surface area contributed by atoms with Crippen molar-refractivity contribution in [2.45, 2.75) is 36.6 Å². The maximum atomic E-state index is 12.0. The summed E-state index contributed by atoms with van der Waals surface area (Å²) in [6.07, 6.45) is 4.24. The minimum Gasteiger partial charge on any atom is -0.354 e. The Hall–Kier alpha value is -1.16. The highest BCUT2D eigenvalue weighted by atomic mass is 35.5. The summed E-state index contributed by atoms with van der Waals surface area (Å²) in [6.45, 7) is 4.89. The summed E-state index contributed by atoms with van der Waals surface area (Å²) in [5.74, 6) is 1.24. The molecule has 7 nitrogen and oxygen atoms in total. The minimum atomic E-state index is -0.0135. The second-order valence-electron chi connectivity index (χ2n) is 5.77. The molecule has 25 heavy (non-hydrogen) atoms. The van der Waals surface area contributed by atoms with Gasteiger partial charge < -0.3 is 10.6 Å². The quantitative estimate of drug-likeness (QED) is 0.543. The Morgan fingerprint density at radius 2 is 2.40 bits per heavy atom. The molecule has 0 bridgehead atoms. The molecule has 138 valence electrons. The smallest absolute Gasteiger partial charge is 0.241 e. The van der Waals surface area contributed by atoms with Crippen molar-refractivity contribution in [3.8, 4) is 0 Å². The first-order chi connectivity index (χ1) is 11.7. The number of carbonyl (C=O) groups is 1. The van der Waals surface area contributed by atoms with Crippen molar-refractivity contribution >= 4 is 41.4 Å². The second kappa shape index (κ2) is 10.1. The molecule has 0 radical (unpaired) electrons. The molecule has 0 saturated carbocycles. The number of nitrogens with one attached hydrogen (secondary N) is 2. The summed E-state index contributed by atoms with van der Waals surface area (Å²) >= 11 is 3.19. The van der Waals surface area contributed by atoms with Crippen LogP contribution in [0.4, 0.5) is 0 Å². The third kappa shape index (κ3) is 6.25. The number of thioether (sulfide) groups is 1. The molecule has 1 aliphatic rings. The van der Waals surface area contributed by atoms with Gasteiger partial charge in [-0.15, -0.1) is 22.6 Å². The van der Waals surface area contributed by atoms with E-state index in [4.69, 9.17) is 0 Å². The van der Waals surface area contributed by atoms with E-state index in [9.17, 15) is 4.79 Å². The lowest BCUT2D eigenvalue weighted by Crippen LogP contribution is -2.30. The molecule has 0 aliphatic carbocycles. The fraction of sp³-hybridized carbons (Fsp3) is 0.600. The van der Waals surface area contributed by atoms with Gasteiger partial charge in [0.05, 0.1) is 5.69 Å². The number of piperidine rings is 1. The highest BCUT2D eigenvalue weighted by Gasteiger charge is 2.17. The number of carbonyl (C=O) groups excluding carboxylic acids is 1. The molecular weight excluding hydrogens is 380 g/mol. The Bertz CT molecular complexity index is 671. The highest BCUT2D eigenvalue weighted by molar-refractivity contribution is 8.01. The van der Waals surface area contributed by atoms with E-state index >= 15 is 0 Å². The maximum absolute atomic E-state index is 12.0. The topological polar surface area (TPSA) is 84.7 Å². The molecule has 1 aliphatic heterocycles. The Labute approximate surface area is 161 Å². The van der Waals surface area contributed by atoms with Crippen LogP contribution in [-0.2, 0) is 11.3 Å². The first-order valence-corrected chi connectivity index (χ1v) is 9.94. The fourth-order valence-corrected chi connectivity index (χ4v) is 4.40. The number of amides is 1. The van der Waals surface area contributed by atoms with E-state index < -0.39 is 0 Å². The third-order valence-electron chi connectivity index (χ3n) is 3.84. The van der Waals surface area contributed by atoms with Gasteiger partial charge in [-0.3, -0.25) is 9.48 Å². The molecular formula is C15H23ClN6OS2. The van der Waals surface area contributed by atoms with Crippen LogP contribution in [0.25, 0.3) is 0 Å². The average Bonchev–Trinajstić information content (AvgIpc) is 3.22. The van der Waals surface area contributed by atoms with E-state index in [-0.39, 0.29) is 24.9 Å². The van der Waals surface area contributed by atoms with Crippen LogP contribution in [-0.4, -0.2) is 51.3 Å². The monoisotopic (exact) mass is 402 g/mol. The Kier molecular flexibility index (Phi) is 8.14. The van der Waals surface area contributed by atoms with Crippen molar-refractivity contribution in [1.82, 2.24) is 30.6 Å². The van der Waals surface area contributed by atoms with Gasteiger partial charge in [0, 0.05) is 31.0 Å². The van der Waals surface area contributed by atoms with E-state index in [1.54, 1.807) is 27.8 Å². The van der Waals surface area contributed by atoms with E-state index in [0.29, 0.717) is 12.5 Å². The summed E-state index contributed by atoms with van der Waals surface area (Å²) < 4.78 is 2.67. The lowest BCUT2D eigenvalue weighted by Gasteiger charge is -2.20. The van der Waals surface area contributed by atoms with Crippen LogP contribution in [0.15, 0.2) is 16.6 Å². The van der Waals surface area contributed by atoms with Gasteiger partial charge >= 0.3 is 0 Å². The summed E-state index contributed by atoms with van der Waals surface area (Å²) in [5.41, 5.74) is 1.08. The highest BCUT2D eigenvalue weighted by Crippen LogP contribution is 2.21. The van der Waals surface area contributed by atoms with Gasteiger partial charge in [0.25, 0.3) is 0 Å². The first-order valence-electron chi connectivity index (χ1n) is 8.14. The van der Waals surface area contributed by atoms with Gasteiger partial charge in [0.2, 0.25) is 5.91 Å². The Balaban J connectivity index is 0.00000225. The van der Waals surface area contributed by atoms with E-state index in [0.717, 1.165) is 33.9 Å². The molecule has 3 heterocycles. The van der Waals surface area contributed by atoms with Gasteiger partial charge in [-0.1, -0.05) is 23.1 Å². The van der Waals surface area contributed by atoms with Crippen LogP contribution >= 0.6 is 35.5 Å². The molecule has 1 unspecified atom stereocenters. The molecule has 2 aromatic heterocycles. The molecule has 1 atom stereocenters. The Morgan fingerprint density at radius 1 is 1.52 bits per heavy atom. The summed E-state index contributed by atoms with van der Waals surface area (Å²) in [6, 6.07) is 2.03. The summed E-state index contributed by atoms with van der Waals surface area (Å²) in [7, 11) is 0. The van der Waals surface area contributed by atoms with Gasteiger partial charge in [-0.2, -0.15) is 5.10 Å². The number of rotatable bonds is 7. The van der Waals surface area contributed by atoms with E-state index in [1.807, 2.05) is 19.2 Å². The van der Waals surface area contributed by atoms with Crippen LogP contribution in [0.3, 0.4) is 0 Å². The van der Waals surface area contributed by atoms with Crippen LogP contribution in [0.1, 0.15) is 29.5 Å². The van der Waals surface area contributed by atoms with Crippen molar-refractivity contribution in [1.29, 1.82) is 0 Å². The number of hydrogen-bond donors (Lipinski definition) is 2. The summed E-state index contributed by atoms with van der Waals surface area (Å²) in [5, 5.41) is 19.8. The normalized spacial score (nSPS) is 17.1. The Morgan fingerprint density at radius 3 is 3.12 bits per heavy atom. The van der Waals surface area contributed by atoms with Crippen LogP contribution < -0.4 is 10.6 Å². The molecule has 2 N–H and O–H groups in total. The molecule has 3 rings (SSSR count). The van der Waals surface area contributed by atoms with Gasteiger partial charge in [0.1, 0.15) is 11.6 Å². The predicted octanol–water partition coefficient (Wildman–Crippen LogP) is 1.84. The zero-order valence-corrected chi connectivity index (χ0v) is 16.6. The SMILES string of the molecule is Cc1nnc(SCCNC(=O)Cn2ccc(C3CCCNC3)n2)s1.Cl. The fourth-order valence-electron chi connectivity index (χ4n) is 2.66. The largest absolute Gasteiger partial charge is 0.354 e.